The molecular weight excluding hydrogens is 366 g/mol. The van der Waals surface area contributed by atoms with Gasteiger partial charge in [-0.3, -0.25) is 19.6 Å². The number of fused-ring (bicyclic) bond motifs is 1. The maximum absolute atomic E-state index is 12.7. The van der Waals surface area contributed by atoms with Crippen LogP contribution in [0.1, 0.15) is 36.3 Å². The number of nitrogens with one attached hydrogen (secondary N) is 3. The fraction of sp³-hybridized carbons (Fsp3) is 0.263. The predicted octanol–water partition coefficient (Wildman–Crippen LogP) is 1.09. The zero-order chi connectivity index (χ0) is 19.8. The van der Waals surface area contributed by atoms with Crippen molar-refractivity contribution in [3.63, 3.8) is 0 Å². The fourth-order valence-electron chi connectivity index (χ4n) is 3.73. The van der Waals surface area contributed by atoms with Gasteiger partial charge in [0.1, 0.15) is 11.6 Å². The second-order valence-corrected chi connectivity index (χ2v) is 6.68. The van der Waals surface area contributed by atoms with Crippen molar-refractivity contribution in [1.29, 1.82) is 0 Å². The molecule has 1 aromatic carbocycles. The van der Waals surface area contributed by atoms with Gasteiger partial charge in [0.15, 0.2) is 12.4 Å². The van der Waals surface area contributed by atoms with Crippen molar-refractivity contribution in [2.24, 2.45) is 0 Å². The first-order chi connectivity index (χ1) is 13.4. The van der Waals surface area contributed by atoms with Crippen molar-refractivity contribution in [1.82, 2.24) is 9.97 Å². The summed E-state index contributed by atoms with van der Waals surface area (Å²) in [6.45, 7) is -0.468. The van der Waals surface area contributed by atoms with Gasteiger partial charge in [-0.15, -0.1) is 0 Å². The Kier molecular flexibility index (Phi) is 4.34. The molecule has 0 bridgehead atoms. The first-order valence-electron chi connectivity index (χ1n) is 8.78. The topological polar surface area (TPSA) is 141 Å². The van der Waals surface area contributed by atoms with Crippen LogP contribution in [-0.2, 0) is 9.59 Å². The lowest BCUT2D eigenvalue weighted by atomic mass is 9.76. The highest BCUT2D eigenvalue weighted by molar-refractivity contribution is 6.00. The molecule has 2 heterocycles. The van der Waals surface area contributed by atoms with Gasteiger partial charge >= 0.3 is 11.7 Å². The molecule has 2 aliphatic rings. The Morgan fingerprint density at radius 2 is 1.86 bits per heavy atom. The van der Waals surface area contributed by atoms with E-state index in [1.807, 2.05) is 0 Å². The number of carboxylic acids is 1. The molecule has 1 atom stereocenters. The number of anilines is 1. The molecule has 0 unspecified atom stereocenters. The number of aromatic amines is 2. The van der Waals surface area contributed by atoms with E-state index in [0.717, 1.165) is 0 Å². The molecule has 4 rings (SSSR count). The number of carboxylic acid groups (broad SMARTS) is 1. The van der Waals surface area contributed by atoms with Gasteiger partial charge in [0.25, 0.3) is 5.56 Å². The van der Waals surface area contributed by atoms with Crippen molar-refractivity contribution in [2.45, 2.75) is 25.2 Å². The Bertz CT molecular complexity index is 1110. The standard InChI is InChI=1S/C19H17N3O6/c23-12-3-1-2-11-15(12)14(16-17(20-11)21-19(27)22-18(16)26)9-4-6-10(7-5-9)28-8-13(24)25/h4-7,14H,1-3,8H2,(H,24,25)(H3,20,21,22,26,27)/t14-/m1/s1. The summed E-state index contributed by atoms with van der Waals surface area (Å²) in [5.41, 5.74) is 0.987. The van der Waals surface area contributed by atoms with Crippen LogP contribution in [-0.4, -0.2) is 33.4 Å². The summed E-state index contributed by atoms with van der Waals surface area (Å²) >= 11 is 0. The lowest BCUT2D eigenvalue weighted by Gasteiger charge is -2.32. The summed E-state index contributed by atoms with van der Waals surface area (Å²) in [4.78, 5) is 52.4. The van der Waals surface area contributed by atoms with Gasteiger partial charge in [-0.2, -0.15) is 0 Å². The molecule has 1 aliphatic heterocycles. The lowest BCUT2D eigenvalue weighted by Crippen LogP contribution is -2.36. The van der Waals surface area contributed by atoms with E-state index >= 15 is 0 Å². The second-order valence-electron chi connectivity index (χ2n) is 6.68. The number of ether oxygens (including phenoxy) is 1. The summed E-state index contributed by atoms with van der Waals surface area (Å²) in [5, 5.41) is 11.8. The van der Waals surface area contributed by atoms with Crippen molar-refractivity contribution in [2.75, 3.05) is 11.9 Å². The Hall–Kier alpha value is -3.62. The average molecular weight is 383 g/mol. The number of benzene rings is 1. The highest BCUT2D eigenvalue weighted by Gasteiger charge is 2.37. The van der Waals surface area contributed by atoms with Crippen LogP contribution in [0, 0.1) is 0 Å². The van der Waals surface area contributed by atoms with Crippen LogP contribution in [0.25, 0.3) is 0 Å². The van der Waals surface area contributed by atoms with E-state index in [2.05, 4.69) is 15.3 Å². The molecule has 0 saturated carbocycles. The maximum Gasteiger partial charge on any atom is 0.341 e. The summed E-state index contributed by atoms with van der Waals surface area (Å²) in [6, 6.07) is 6.56. The van der Waals surface area contributed by atoms with E-state index < -0.39 is 29.7 Å². The van der Waals surface area contributed by atoms with Crippen LogP contribution in [0.4, 0.5) is 5.82 Å². The van der Waals surface area contributed by atoms with E-state index in [-0.39, 0.29) is 11.3 Å². The minimum atomic E-state index is -1.09. The van der Waals surface area contributed by atoms with Crippen LogP contribution < -0.4 is 21.3 Å². The summed E-state index contributed by atoms with van der Waals surface area (Å²) in [7, 11) is 0. The molecule has 1 aromatic heterocycles. The number of rotatable bonds is 4. The minimum Gasteiger partial charge on any atom is -0.482 e. The van der Waals surface area contributed by atoms with Gasteiger partial charge in [0.2, 0.25) is 0 Å². The van der Waals surface area contributed by atoms with Crippen LogP contribution in [0.5, 0.6) is 5.75 Å². The van der Waals surface area contributed by atoms with E-state index in [1.165, 1.54) is 0 Å². The molecule has 9 heteroatoms. The minimum absolute atomic E-state index is 0.0406. The van der Waals surface area contributed by atoms with Crippen molar-refractivity contribution < 1.29 is 19.4 Å². The number of hydrogen-bond acceptors (Lipinski definition) is 6. The normalized spacial score (nSPS) is 18.1. The predicted molar refractivity (Wildman–Crippen MR) is 98.6 cm³/mol. The number of hydrogen-bond donors (Lipinski definition) is 4. The van der Waals surface area contributed by atoms with E-state index in [4.69, 9.17) is 9.84 Å². The molecule has 0 saturated heterocycles. The quantitative estimate of drug-likeness (QED) is 0.619. The maximum atomic E-state index is 12.7. The summed E-state index contributed by atoms with van der Waals surface area (Å²) in [5.74, 6) is -1.11. The average Bonchev–Trinajstić information content (AvgIpc) is 2.65. The van der Waals surface area contributed by atoms with Crippen LogP contribution >= 0.6 is 0 Å². The second kappa shape index (κ2) is 6.84. The van der Waals surface area contributed by atoms with E-state index in [0.29, 0.717) is 47.7 Å². The third kappa shape index (κ3) is 3.11. The molecule has 28 heavy (non-hydrogen) atoms. The third-order valence-corrected chi connectivity index (χ3v) is 4.86. The number of H-pyrrole nitrogens is 2. The zero-order valence-electron chi connectivity index (χ0n) is 14.7. The smallest absolute Gasteiger partial charge is 0.341 e. The van der Waals surface area contributed by atoms with Crippen LogP contribution in [0.3, 0.4) is 0 Å². The number of ketones is 1. The molecule has 0 amide bonds. The summed E-state index contributed by atoms with van der Waals surface area (Å²) < 4.78 is 5.14. The number of aromatic nitrogens is 2. The van der Waals surface area contributed by atoms with Crippen molar-refractivity contribution >= 4 is 17.6 Å². The van der Waals surface area contributed by atoms with E-state index in [1.54, 1.807) is 24.3 Å². The molecule has 0 fully saturated rings. The zero-order valence-corrected chi connectivity index (χ0v) is 14.7. The number of carbonyl (C=O) groups is 2. The Morgan fingerprint density at radius 3 is 2.57 bits per heavy atom. The van der Waals surface area contributed by atoms with Crippen LogP contribution in [0.2, 0.25) is 0 Å². The largest absolute Gasteiger partial charge is 0.482 e. The highest BCUT2D eigenvalue weighted by Crippen LogP contribution is 2.42. The van der Waals surface area contributed by atoms with Gasteiger partial charge in [0, 0.05) is 23.6 Å². The molecule has 4 N–H and O–H groups in total. The molecule has 9 nitrogen and oxygen atoms in total. The molecule has 144 valence electrons. The van der Waals surface area contributed by atoms with Gasteiger partial charge in [-0.25, -0.2) is 9.59 Å². The van der Waals surface area contributed by atoms with E-state index in [9.17, 15) is 19.2 Å². The van der Waals surface area contributed by atoms with Crippen molar-refractivity contribution in [3.05, 3.63) is 67.5 Å². The SMILES string of the molecule is O=C(O)COc1ccc([C@@H]2C3=C(CCCC3=O)Nc3[nH]c(=O)[nH]c(=O)c32)cc1. The first-order valence-corrected chi connectivity index (χ1v) is 8.78. The van der Waals surface area contributed by atoms with Gasteiger partial charge in [-0.05, 0) is 30.5 Å². The number of Topliss-reactive ketones (excluding diaryl/α,β-unsaturated/α-hetero) is 1. The van der Waals surface area contributed by atoms with Gasteiger partial charge in [0.05, 0.1) is 5.56 Å². The van der Waals surface area contributed by atoms with Gasteiger partial charge < -0.3 is 15.2 Å². The lowest BCUT2D eigenvalue weighted by molar-refractivity contribution is -0.139. The first kappa shape index (κ1) is 17.8. The summed E-state index contributed by atoms with van der Waals surface area (Å²) in [6.07, 6.45) is 1.74. The third-order valence-electron chi connectivity index (χ3n) is 4.86. The molecule has 1 aliphatic carbocycles. The fourth-order valence-corrected chi connectivity index (χ4v) is 3.73. The van der Waals surface area contributed by atoms with Crippen LogP contribution in [0.15, 0.2) is 45.1 Å². The Labute approximate surface area is 158 Å². The van der Waals surface area contributed by atoms with Crippen molar-refractivity contribution in [3.8, 4) is 5.75 Å². The Morgan fingerprint density at radius 1 is 1.11 bits per heavy atom. The molecular formula is C19H17N3O6. The number of allylic oxidation sites excluding steroid dienone is 2. The molecule has 0 spiro atoms. The highest BCUT2D eigenvalue weighted by atomic mass is 16.5. The monoisotopic (exact) mass is 383 g/mol. The molecule has 2 aromatic rings. The van der Waals surface area contributed by atoms with Gasteiger partial charge in [-0.1, -0.05) is 12.1 Å². The number of carbonyl (C=O) groups excluding carboxylic acids is 1. The molecule has 0 radical (unpaired) electrons. The number of aliphatic carboxylic acids is 1. The Balaban J connectivity index is 1.82.